The summed E-state index contributed by atoms with van der Waals surface area (Å²) in [5, 5.41) is 0. The molecule has 2 aliphatic heterocycles. The zero-order valence-corrected chi connectivity index (χ0v) is 19.3. The lowest BCUT2D eigenvalue weighted by Gasteiger charge is -2.40. The minimum absolute atomic E-state index is 0.915. The molecule has 0 fully saturated rings. The molecule has 9 rings (SSSR count). The zero-order valence-electron chi connectivity index (χ0n) is 19.3. The minimum atomic E-state index is 0.915. The van der Waals surface area contributed by atoms with E-state index in [9.17, 15) is 0 Å². The zero-order chi connectivity index (χ0) is 22.7. The van der Waals surface area contributed by atoms with E-state index in [2.05, 4.69) is 83.8 Å². The summed E-state index contributed by atoms with van der Waals surface area (Å²) in [6.07, 6.45) is 5.91. The third kappa shape index (κ3) is 2.23. The second-order valence-corrected chi connectivity index (χ2v) is 10.3. The average molecular weight is 447 g/mol. The van der Waals surface area contributed by atoms with Crippen molar-refractivity contribution in [1.29, 1.82) is 0 Å². The number of hydrogen-bond donors (Lipinski definition) is 0. The largest absolute Gasteiger partial charge is 0.308 e. The lowest BCUT2D eigenvalue weighted by molar-refractivity contribution is 0.950. The molecule has 0 amide bonds. The van der Waals surface area contributed by atoms with Gasteiger partial charge in [-0.3, -0.25) is 4.98 Å². The first-order chi connectivity index (χ1) is 17.3. The van der Waals surface area contributed by atoms with Gasteiger partial charge in [-0.05, 0) is 98.3 Å². The van der Waals surface area contributed by atoms with Crippen LogP contribution in [0, 0.1) is 0 Å². The second kappa shape index (κ2) is 6.28. The Hall–Kier alpha value is -4.17. The third-order valence-corrected chi connectivity index (χ3v) is 8.64. The molecule has 0 saturated carbocycles. The van der Waals surface area contributed by atoms with Crippen molar-refractivity contribution in [2.24, 2.45) is 0 Å². The summed E-state index contributed by atoms with van der Waals surface area (Å²) in [6.45, 7) is 0. The first-order valence-corrected chi connectivity index (χ1v) is 12.6. The fourth-order valence-corrected chi connectivity index (χ4v) is 7.17. The molecule has 0 radical (unpaired) electrons. The molecule has 0 N–H and O–H groups in total. The van der Waals surface area contributed by atoms with Crippen LogP contribution in [0.4, 0.5) is 17.1 Å². The summed E-state index contributed by atoms with van der Waals surface area (Å²) in [5.41, 5.74) is 21.2. The van der Waals surface area contributed by atoms with Crippen molar-refractivity contribution in [2.45, 2.75) is 25.7 Å². The predicted octanol–water partition coefficient (Wildman–Crippen LogP) is 7.50. The van der Waals surface area contributed by atoms with Gasteiger partial charge in [0, 0.05) is 19.0 Å². The normalized spacial score (nSPS) is 14.9. The van der Waals surface area contributed by atoms with Crippen LogP contribution in [-0.4, -0.2) is 4.98 Å². The SMILES string of the molecule is c1ccc2c(c1)Cc1c-2ccc2c1Cc1cc3c(c4c1N2c1cccnc1C4)Cc1ccccc1-3. The molecule has 3 heterocycles. The van der Waals surface area contributed by atoms with Crippen LogP contribution in [0.25, 0.3) is 22.3 Å². The maximum absolute atomic E-state index is 4.88. The predicted molar refractivity (Wildman–Crippen MR) is 141 cm³/mol. The Bertz CT molecular complexity index is 1760. The molecule has 5 aromatic rings. The van der Waals surface area contributed by atoms with Gasteiger partial charge in [0.05, 0.1) is 22.8 Å². The topological polar surface area (TPSA) is 16.1 Å². The number of rotatable bonds is 0. The van der Waals surface area contributed by atoms with Gasteiger partial charge in [0.15, 0.2) is 0 Å². The first kappa shape index (κ1) is 18.2. The molecule has 164 valence electrons. The molecule has 2 nitrogen and oxygen atoms in total. The molecule has 0 atom stereocenters. The summed E-state index contributed by atoms with van der Waals surface area (Å²) in [4.78, 5) is 7.42. The van der Waals surface area contributed by atoms with Crippen LogP contribution in [0.5, 0.6) is 0 Å². The highest BCUT2D eigenvalue weighted by Crippen LogP contribution is 2.56. The second-order valence-electron chi connectivity index (χ2n) is 10.3. The van der Waals surface area contributed by atoms with Gasteiger partial charge in [-0.1, -0.05) is 54.6 Å². The van der Waals surface area contributed by atoms with E-state index in [4.69, 9.17) is 4.98 Å². The van der Waals surface area contributed by atoms with Crippen molar-refractivity contribution in [3.05, 3.63) is 130 Å². The van der Waals surface area contributed by atoms with Crippen molar-refractivity contribution in [3.63, 3.8) is 0 Å². The summed E-state index contributed by atoms with van der Waals surface area (Å²) >= 11 is 0. The van der Waals surface area contributed by atoms with Crippen LogP contribution in [-0.2, 0) is 25.7 Å². The number of fused-ring (bicyclic) bond motifs is 12. The maximum Gasteiger partial charge on any atom is 0.0688 e. The van der Waals surface area contributed by atoms with Gasteiger partial charge in [-0.15, -0.1) is 0 Å². The highest BCUT2D eigenvalue weighted by Gasteiger charge is 2.38. The quantitative estimate of drug-likeness (QED) is 0.240. The van der Waals surface area contributed by atoms with Gasteiger partial charge >= 0.3 is 0 Å². The molecule has 35 heavy (non-hydrogen) atoms. The number of nitrogens with zero attached hydrogens (tertiary/aromatic N) is 2. The van der Waals surface area contributed by atoms with Gasteiger partial charge < -0.3 is 4.90 Å². The highest BCUT2D eigenvalue weighted by atomic mass is 15.2. The van der Waals surface area contributed by atoms with Gasteiger partial charge in [-0.25, -0.2) is 0 Å². The average Bonchev–Trinajstić information content (AvgIpc) is 3.47. The van der Waals surface area contributed by atoms with Crippen molar-refractivity contribution in [1.82, 2.24) is 4.98 Å². The van der Waals surface area contributed by atoms with Gasteiger partial charge in [-0.2, -0.15) is 0 Å². The van der Waals surface area contributed by atoms with E-state index in [1.165, 1.54) is 84.0 Å². The summed E-state index contributed by atoms with van der Waals surface area (Å²) in [6, 6.07) is 29.5. The molecular weight excluding hydrogens is 424 g/mol. The molecule has 0 unspecified atom stereocenters. The first-order valence-electron chi connectivity index (χ1n) is 12.6. The van der Waals surface area contributed by atoms with E-state index in [0.29, 0.717) is 0 Å². The standard InChI is InChI=1S/C33H22N2/c1-3-8-22-19(6-1)14-26-24(22)11-12-31-28(26)17-21-16-25-23-9-4-2-7-20(23)15-27(25)29-18-30-32(10-5-13-34-30)35(31)33(21)29/h1-13,16H,14-15,17-18H2. The summed E-state index contributed by atoms with van der Waals surface area (Å²) in [5.74, 6) is 0. The fourth-order valence-electron chi connectivity index (χ4n) is 7.17. The van der Waals surface area contributed by atoms with Crippen LogP contribution in [0.3, 0.4) is 0 Å². The maximum atomic E-state index is 4.88. The van der Waals surface area contributed by atoms with Gasteiger partial charge in [0.1, 0.15) is 0 Å². The van der Waals surface area contributed by atoms with E-state index in [1.54, 1.807) is 0 Å². The van der Waals surface area contributed by atoms with Gasteiger partial charge in [0.2, 0.25) is 0 Å². The fraction of sp³-hybridized carbons (Fsp3) is 0.121. The van der Waals surface area contributed by atoms with E-state index in [-0.39, 0.29) is 0 Å². The highest BCUT2D eigenvalue weighted by molar-refractivity contribution is 5.95. The summed E-state index contributed by atoms with van der Waals surface area (Å²) in [7, 11) is 0. The molecule has 4 aliphatic rings. The Morgan fingerprint density at radius 2 is 1.23 bits per heavy atom. The van der Waals surface area contributed by atoms with Crippen LogP contribution in [0.2, 0.25) is 0 Å². The molecule has 1 aromatic heterocycles. The smallest absolute Gasteiger partial charge is 0.0688 e. The van der Waals surface area contributed by atoms with Crippen molar-refractivity contribution >= 4 is 17.1 Å². The van der Waals surface area contributed by atoms with Crippen LogP contribution < -0.4 is 4.90 Å². The number of aromatic nitrogens is 1. The molecule has 0 bridgehead atoms. The van der Waals surface area contributed by atoms with Gasteiger partial charge in [0.25, 0.3) is 0 Å². The Morgan fingerprint density at radius 1 is 0.514 bits per heavy atom. The van der Waals surface area contributed by atoms with Crippen LogP contribution >= 0.6 is 0 Å². The molecule has 0 spiro atoms. The lowest BCUT2D eigenvalue weighted by Crippen LogP contribution is -2.26. The Labute approximate surface area is 204 Å². The number of benzene rings is 4. The molecule has 0 saturated heterocycles. The minimum Gasteiger partial charge on any atom is -0.308 e. The van der Waals surface area contributed by atoms with E-state index in [0.717, 1.165) is 25.7 Å². The Morgan fingerprint density at radius 3 is 2.06 bits per heavy atom. The number of anilines is 3. The summed E-state index contributed by atoms with van der Waals surface area (Å²) < 4.78 is 0. The molecular formula is C33H22N2. The Kier molecular flexibility index (Phi) is 3.27. The third-order valence-electron chi connectivity index (χ3n) is 8.64. The van der Waals surface area contributed by atoms with E-state index in [1.807, 2.05) is 6.20 Å². The monoisotopic (exact) mass is 446 g/mol. The lowest BCUT2D eigenvalue weighted by atomic mass is 9.82. The van der Waals surface area contributed by atoms with Crippen LogP contribution in [0.15, 0.2) is 85.1 Å². The molecule has 4 aromatic carbocycles. The van der Waals surface area contributed by atoms with Crippen molar-refractivity contribution < 1.29 is 0 Å². The molecule has 2 heteroatoms. The number of hydrogen-bond acceptors (Lipinski definition) is 2. The van der Waals surface area contributed by atoms with E-state index < -0.39 is 0 Å². The number of pyridine rings is 1. The van der Waals surface area contributed by atoms with Crippen molar-refractivity contribution in [3.8, 4) is 22.3 Å². The van der Waals surface area contributed by atoms with Crippen LogP contribution in [0.1, 0.15) is 44.6 Å². The Balaban J connectivity index is 1.34. The molecule has 2 aliphatic carbocycles. The van der Waals surface area contributed by atoms with E-state index >= 15 is 0 Å². The van der Waals surface area contributed by atoms with Crippen molar-refractivity contribution in [2.75, 3.05) is 4.90 Å².